The second kappa shape index (κ2) is 7.69. The summed E-state index contributed by atoms with van der Waals surface area (Å²) < 4.78 is 0.246. The molecule has 0 amide bonds. The lowest BCUT2D eigenvalue weighted by molar-refractivity contribution is 0.573. The summed E-state index contributed by atoms with van der Waals surface area (Å²) in [6.07, 6.45) is 5.97. The van der Waals surface area contributed by atoms with Crippen molar-refractivity contribution in [2.45, 2.75) is 51.2 Å². The van der Waals surface area contributed by atoms with Gasteiger partial charge in [-0.05, 0) is 25.0 Å². The number of hydrogen-bond acceptors (Lipinski definition) is 6. The summed E-state index contributed by atoms with van der Waals surface area (Å²) in [4.78, 5) is 8.58. The van der Waals surface area contributed by atoms with Crippen molar-refractivity contribution in [3.8, 4) is 0 Å². The van der Waals surface area contributed by atoms with Crippen LogP contribution in [0.2, 0.25) is 0 Å². The molecule has 0 spiro atoms. The van der Waals surface area contributed by atoms with Crippen molar-refractivity contribution in [2.75, 3.05) is 23.5 Å². The first-order chi connectivity index (χ1) is 9.53. The average Bonchev–Trinajstić information content (AvgIpc) is 2.48. The minimum atomic E-state index is 0.246. The molecule has 0 aliphatic heterocycles. The van der Waals surface area contributed by atoms with Crippen LogP contribution in [0.4, 0.5) is 11.6 Å². The molecule has 0 bridgehead atoms. The summed E-state index contributed by atoms with van der Waals surface area (Å²) in [6, 6.07) is 0. The summed E-state index contributed by atoms with van der Waals surface area (Å²) in [6.45, 7) is 9.59. The Morgan fingerprint density at radius 3 is 2.30 bits per heavy atom. The van der Waals surface area contributed by atoms with Crippen molar-refractivity contribution in [2.24, 2.45) is 5.84 Å². The van der Waals surface area contributed by atoms with Crippen LogP contribution in [0.1, 0.15) is 52.0 Å². The molecule has 0 saturated carbocycles. The number of aromatic nitrogens is 2. The summed E-state index contributed by atoms with van der Waals surface area (Å²) in [5.74, 6) is 7.42. The third-order valence-corrected chi connectivity index (χ3v) is 5.49. The topological polar surface area (TPSA) is 75.9 Å². The van der Waals surface area contributed by atoms with Gasteiger partial charge in [0.15, 0.2) is 0 Å². The molecule has 0 saturated heterocycles. The van der Waals surface area contributed by atoms with Gasteiger partial charge in [-0.15, -0.1) is 0 Å². The van der Waals surface area contributed by atoms with Crippen LogP contribution >= 0.6 is 11.8 Å². The van der Waals surface area contributed by atoms with Gasteiger partial charge in [-0.25, -0.2) is 15.8 Å². The Kier molecular flexibility index (Phi) is 6.55. The summed E-state index contributed by atoms with van der Waals surface area (Å²) in [5.41, 5.74) is 3.70. The predicted molar refractivity (Wildman–Crippen MR) is 89.2 cm³/mol. The second-order valence-electron chi connectivity index (χ2n) is 5.23. The third kappa shape index (κ3) is 3.76. The van der Waals surface area contributed by atoms with Gasteiger partial charge in [-0.3, -0.25) is 0 Å². The molecule has 0 aliphatic rings. The van der Waals surface area contributed by atoms with E-state index in [0.29, 0.717) is 11.7 Å². The van der Waals surface area contributed by atoms with E-state index in [9.17, 15) is 0 Å². The number of nitrogen functional groups attached to an aromatic ring is 1. The van der Waals surface area contributed by atoms with Crippen molar-refractivity contribution in [3.63, 3.8) is 0 Å². The fraction of sp³-hybridized carbons (Fsp3) is 0.714. The zero-order valence-electron chi connectivity index (χ0n) is 13.2. The van der Waals surface area contributed by atoms with E-state index in [1.807, 2.05) is 11.8 Å². The monoisotopic (exact) mass is 297 g/mol. The van der Waals surface area contributed by atoms with Gasteiger partial charge in [-0.1, -0.05) is 27.7 Å². The van der Waals surface area contributed by atoms with Gasteiger partial charge in [0.2, 0.25) is 0 Å². The number of hydrazine groups is 1. The quantitative estimate of drug-likeness (QED) is 0.505. The van der Waals surface area contributed by atoms with E-state index in [4.69, 9.17) is 5.84 Å². The van der Waals surface area contributed by atoms with Crippen LogP contribution in [0.3, 0.4) is 0 Å². The highest BCUT2D eigenvalue weighted by atomic mass is 32.2. The molecule has 5 nitrogen and oxygen atoms in total. The van der Waals surface area contributed by atoms with Gasteiger partial charge < -0.3 is 10.7 Å². The Labute approximate surface area is 126 Å². The second-order valence-corrected chi connectivity index (χ2v) is 6.51. The first-order valence-electron chi connectivity index (χ1n) is 7.14. The van der Waals surface area contributed by atoms with Crippen molar-refractivity contribution in [1.82, 2.24) is 9.97 Å². The highest BCUT2D eigenvalue weighted by Crippen LogP contribution is 2.32. The first-order valence-corrected chi connectivity index (χ1v) is 8.36. The molecule has 20 heavy (non-hydrogen) atoms. The molecule has 114 valence electrons. The van der Waals surface area contributed by atoms with Crippen molar-refractivity contribution in [1.29, 1.82) is 0 Å². The minimum absolute atomic E-state index is 0.246. The SMILES string of the molecule is CCC(CC)(CNc1ncnc(NN)c1C(C)C)SC. The fourth-order valence-corrected chi connectivity index (χ4v) is 3.10. The molecule has 0 aliphatic carbocycles. The smallest absolute Gasteiger partial charge is 0.148 e. The Bertz CT molecular complexity index is 410. The van der Waals surface area contributed by atoms with Gasteiger partial charge in [0, 0.05) is 16.9 Å². The number of anilines is 2. The largest absolute Gasteiger partial charge is 0.368 e. The van der Waals surface area contributed by atoms with E-state index in [1.54, 1.807) is 6.33 Å². The minimum Gasteiger partial charge on any atom is -0.368 e. The van der Waals surface area contributed by atoms with Crippen molar-refractivity contribution in [3.05, 3.63) is 11.9 Å². The lowest BCUT2D eigenvalue weighted by atomic mass is 10.0. The molecule has 0 radical (unpaired) electrons. The van der Waals surface area contributed by atoms with Crippen LogP contribution in [0, 0.1) is 0 Å². The molecule has 6 heteroatoms. The lowest BCUT2D eigenvalue weighted by Gasteiger charge is -2.30. The van der Waals surface area contributed by atoms with Crippen LogP contribution in [0.25, 0.3) is 0 Å². The van der Waals surface area contributed by atoms with Crippen molar-refractivity contribution >= 4 is 23.4 Å². The maximum Gasteiger partial charge on any atom is 0.148 e. The summed E-state index contributed by atoms with van der Waals surface area (Å²) >= 11 is 1.91. The van der Waals surface area contributed by atoms with E-state index in [1.165, 1.54) is 0 Å². The molecule has 0 unspecified atom stereocenters. The van der Waals surface area contributed by atoms with Gasteiger partial charge in [-0.2, -0.15) is 11.8 Å². The number of hydrogen-bond donors (Lipinski definition) is 3. The standard InChI is InChI=1S/C14H27N5S/c1-6-14(7-2,20-5)8-16-12-11(10(3)4)13(19-15)18-9-17-12/h9-10H,6-8,15H2,1-5H3,(H2,16,17,18,19). The fourth-order valence-electron chi connectivity index (χ4n) is 2.30. The molecule has 1 aromatic rings. The molecule has 0 aromatic carbocycles. The van der Waals surface area contributed by atoms with Crippen LogP contribution in [-0.2, 0) is 0 Å². The molecule has 0 fully saturated rings. The number of rotatable bonds is 8. The number of thioether (sulfide) groups is 1. The molecular weight excluding hydrogens is 270 g/mol. The van der Waals surface area contributed by atoms with E-state index in [-0.39, 0.29) is 4.75 Å². The molecule has 0 atom stereocenters. The van der Waals surface area contributed by atoms with E-state index in [0.717, 1.165) is 30.8 Å². The van der Waals surface area contributed by atoms with Crippen LogP contribution in [0.5, 0.6) is 0 Å². The van der Waals surface area contributed by atoms with E-state index >= 15 is 0 Å². The first kappa shape index (κ1) is 17.0. The van der Waals surface area contributed by atoms with Crippen LogP contribution in [0.15, 0.2) is 6.33 Å². The van der Waals surface area contributed by atoms with Gasteiger partial charge in [0.1, 0.15) is 18.0 Å². The third-order valence-electron chi connectivity index (χ3n) is 3.90. The molecule has 4 N–H and O–H groups in total. The molecular formula is C14H27N5S. The summed E-state index contributed by atoms with van der Waals surface area (Å²) in [7, 11) is 0. The normalized spacial score (nSPS) is 11.8. The van der Waals surface area contributed by atoms with E-state index in [2.05, 4.69) is 54.7 Å². The Hall–Kier alpha value is -1.01. The number of nitrogens with one attached hydrogen (secondary N) is 2. The highest BCUT2D eigenvalue weighted by Gasteiger charge is 2.25. The zero-order chi connectivity index (χ0) is 15.2. The molecule has 1 heterocycles. The Balaban J connectivity index is 2.98. The maximum atomic E-state index is 5.55. The number of nitrogens with zero attached hydrogens (tertiary/aromatic N) is 2. The maximum absolute atomic E-state index is 5.55. The Morgan fingerprint density at radius 2 is 1.85 bits per heavy atom. The Morgan fingerprint density at radius 1 is 1.25 bits per heavy atom. The average molecular weight is 297 g/mol. The van der Waals surface area contributed by atoms with Crippen LogP contribution in [-0.4, -0.2) is 27.5 Å². The molecule has 1 rings (SSSR count). The van der Waals surface area contributed by atoms with Gasteiger partial charge >= 0.3 is 0 Å². The predicted octanol–water partition coefficient (Wildman–Crippen LogP) is 3.22. The highest BCUT2D eigenvalue weighted by molar-refractivity contribution is 8.00. The number of nitrogens with two attached hydrogens (primary N) is 1. The van der Waals surface area contributed by atoms with E-state index < -0.39 is 0 Å². The van der Waals surface area contributed by atoms with Gasteiger partial charge in [0.05, 0.1) is 0 Å². The zero-order valence-corrected chi connectivity index (χ0v) is 14.0. The molecule has 1 aromatic heterocycles. The van der Waals surface area contributed by atoms with Crippen LogP contribution < -0.4 is 16.6 Å². The lowest BCUT2D eigenvalue weighted by Crippen LogP contribution is -2.32. The summed E-state index contributed by atoms with van der Waals surface area (Å²) in [5, 5.41) is 3.50. The van der Waals surface area contributed by atoms with Gasteiger partial charge in [0.25, 0.3) is 0 Å². The van der Waals surface area contributed by atoms with Crippen molar-refractivity contribution < 1.29 is 0 Å².